The first kappa shape index (κ1) is 86.1. The summed E-state index contributed by atoms with van der Waals surface area (Å²) in [4.78, 5) is 194. The van der Waals surface area contributed by atoms with Crippen molar-refractivity contribution in [2.75, 3.05) is 13.1 Å². The fraction of sp³-hybridized carbons (Fsp3) is 0.634. The first-order valence-corrected chi connectivity index (χ1v) is 35.8. The number of primary amides is 1. The average Bonchev–Trinajstić information content (AvgIpc) is 1.79. The van der Waals surface area contributed by atoms with E-state index in [0.717, 1.165) is 43.9 Å². The lowest BCUT2D eigenvalue weighted by Gasteiger charge is -2.30. The lowest BCUT2D eigenvalue weighted by atomic mass is 9.97. The number of aromatic hydroxyl groups is 1. The van der Waals surface area contributed by atoms with Crippen molar-refractivity contribution in [3.63, 3.8) is 0 Å². The number of unbranched alkanes of at least 4 members (excludes halogenated alkanes) is 9. The van der Waals surface area contributed by atoms with Crippen LogP contribution in [0.15, 0.2) is 48.5 Å². The molecule has 0 spiro atoms. The molecule has 5 rings (SSSR count). The molecule has 0 radical (unpaired) electrons. The average molecular weight is 1450 g/mol. The zero-order valence-corrected chi connectivity index (χ0v) is 59.7. The number of nitrogens with zero attached hydrogens (tertiary/aromatic N) is 1. The van der Waals surface area contributed by atoms with Crippen LogP contribution in [0.3, 0.4) is 0 Å². The lowest BCUT2D eigenvalue weighted by molar-refractivity contribution is -0.143. The molecule has 2 aromatic rings. The maximum atomic E-state index is 14.8. The summed E-state index contributed by atoms with van der Waals surface area (Å²) in [6.45, 7) is 7.81. The summed E-state index contributed by atoms with van der Waals surface area (Å²) in [7, 11) is 0. The second kappa shape index (κ2) is 44.9. The number of nitrogens with two attached hydrogens (primary N) is 2. The summed E-state index contributed by atoms with van der Waals surface area (Å²) in [6.07, 6.45) is 4.03. The van der Waals surface area contributed by atoms with Crippen LogP contribution in [0.1, 0.15) is 193 Å². The topological polar surface area (TPSA) is 513 Å². The molecule has 0 saturated carbocycles. The van der Waals surface area contributed by atoms with Gasteiger partial charge in [0, 0.05) is 38.6 Å². The van der Waals surface area contributed by atoms with Crippen molar-refractivity contribution in [3.8, 4) is 11.5 Å². The summed E-state index contributed by atoms with van der Waals surface area (Å²) < 4.78 is 5.82. The molecule has 0 aromatic heterocycles. The van der Waals surface area contributed by atoms with Crippen LogP contribution >= 0.6 is 0 Å². The van der Waals surface area contributed by atoms with Crippen molar-refractivity contribution in [2.24, 2.45) is 17.4 Å². The van der Waals surface area contributed by atoms with Crippen LogP contribution < -0.4 is 64.1 Å². The van der Waals surface area contributed by atoms with Gasteiger partial charge in [0.25, 0.3) is 0 Å². The Bertz CT molecular complexity index is 3170. The molecule has 1 unspecified atom stereocenters. The largest absolute Gasteiger partial charge is 0.508 e. The maximum Gasteiger partial charge on any atom is 0.334 e. The number of fused-ring (bicyclic) bond motifs is 23. The number of carboxylic acid groups (broad SMARTS) is 2. The summed E-state index contributed by atoms with van der Waals surface area (Å²) in [5.41, 5.74) is 12.0. The van der Waals surface area contributed by atoms with E-state index in [2.05, 4.69) is 54.8 Å². The molecule has 3 heterocycles. The van der Waals surface area contributed by atoms with Gasteiger partial charge in [-0.1, -0.05) is 116 Å². The number of hydrogen-bond acceptors (Lipinski definition) is 19. The monoisotopic (exact) mass is 1450 g/mol. The molecule has 3 aliphatic rings. The number of aliphatic hydroxyl groups is 2. The van der Waals surface area contributed by atoms with E-state index >= 15 is 0 Å². The van der Waals surface area contributed by atoms with E-state index in [1.807, 2.05) is 0 Å². The standard InChI is InChI=1S/C71H108N12O20/c1-6-8-9-10-11-12-13-14-15-16-19-47(86)40-57(88)75-50(31-34-58(89)90)64(95)76-49(20-17-36-72)63(94)79-54-39-45-24-28-48(29-25-45)103-71(102)60(41(3)7-2)81-66(97)53(38-44-22-26-46(85)27-23-44)80-65(96)51(30-33-56(73)87)77-68(99)55-21-18-37-83(55)70(101)42(4)74-62(93)52(32-35-59(91)92)78-69(100)61(43(5)84)82-67(54)98/h22-29,41-43,47,49-55,60-61,84-86H,6-21,30-40,72H2,1-5H3,(H2,73,87)(H,74,93)(H,75,88)(H,76,95)(H,77,99)(H,78,100)(H,79,94)(H,80,96)(H,81,97)(H,82,98)(H,89,90)(H,91,92)/t41-,42-,43-,47?,49+,50-,51-,52-,53+,54-,55-,60-,61+/m0/s1. The van der Waals surface area contributed by atoms with E-state index in [9.17, 15) is 92.7 Å². The van der Waals surface area contributed by atoms with Crippen LogP contribution in [0.5, 0.6) is 11.5 Å². The summed E-state index contributed by atoms with van der Waals surface area (Å²) in [5.74, 6) is -15.4. The highest BCUT2D eigenvalue weighted by Crippen LogP contribution is 2.23. The molecule has 0 aliphatic carbocycles. The highest BCUT2D eigenvalue weighted by atomic mass is 16.5. The molecule has 11 amide bonds. The SMILES string of the molecule is CCCCCCCCCCCCC(O)CC(=O)N[C@@H](CCC(=O)O)C(=O)N[C@H](CCCN)C(=O)N[C@H]1Cc2ccc(cc2)OC(=O)[C@H]([C@@H](C)CC)NC(=O)[C@@H](Cc2ccc(O)cc2)NC(=O)[C@H](CCC(N)=O)NC(=O)[C@@H]2CCCN2C(=O)[C@H](C)NC(=O)[C@H](CCC(=O)O)NC(=O)[C@@H]([C@H](C)O)NC1=O. The Labute approximate surface area is 600 Å². The van der Waals surface area contributed by atoms with Gasteiger partial charge in [0.1, 0.15) is 71.9 Å². The van der Waals surface area contributed by atoms with E-state index in [4.69, 9.17) is 16.2 Å². The molecule has 32 nitrogen and oxygen atoms in total. The zero-order chi connectivity index (χ0) is 76.3. The van der Waals surface area contributed by atoms with E-state index in [-0.39, 0.29) is 62.3 Å². The molecule has 2 aromatic carbocycles. The van der Waals surface area contributed by atoms with Crippen molar-refractivity contribution in [2.45, 2.75) is 268 Å². The minimum absolute atomic E-state index is 0.0223. The number of carbonyl (C=O) groups is 14. The Morgan fingerprint density at radius 2 is 1.18 bits per heavy atom. The summed E-state index contributed by atoms with van der Waals surface area (Å²) >= 11 is 0. The number of ether oxygens (including phenoxy) is 1. The van der Waals surface area contributed by atoms with Crippen molar-refractivity contribution >= 4 is 82.9 Å². The fourth-order valence-electron chi connectivity index (χ4n) is 11.9. The number of carboxylic acids is 2. The number of esters is 1. The molecule has 103 heavy (non-hydrogen) atoms. The van der Waals surface area contributed by atoms with Crippen LogP contribution in [0, 0.1) is 5.92 Å². The molecule has 2 bridgehead atoms. The number of nitrogens with one attached hydrogen (secondary N) is 9. The lowest BCUT2D eigenvalue weighted by Crippen LogP contribution is -2.62. The van der Waals surface area contributed by atoms with E-state index in [1.54, 1.807) is 13.8 Å². The van der Waals surface area contributed by atoms with Crippen molar-refractivity contribution < 1.29 is 97.4 Å². The zero-order valence-electron chi connectivity index (χ0n) is 59.7. The van der Waals surface area contributed by atoms with Gasteiger partial charge in [-0.3, -0.25) is 62.3 Å². The number of aliphatic carboxylic acids is 2. The Balaban J connectivity index is 1.76. The predicted octanol–water partition coefficient (Wildman–Crippen LogP) is 0.693. The van der Waals surface area contributed by atoms with Gasteiger partial charge in [-0.2, -0.15) is 0 Å². The Hall–Kier alpha value is -9.30. The molecular formula is C71H108N12O20. The van der Waals surface area contributed by atoms with Crippen LogP contribution in [-0.4, -0.2) is 199 Å². The predicted molar refractivity (Wildman–Crippen MR) is 374 cm³/mol. The second-order valence-electron chi connectivity index (χ2n) is 26.7. The number of hydrogen-bond donors (Lipinski definition) is 16. The van der Waals surface area contributed by atoms with Crippen LogP contribution in [0.2, 0.25) is 0 Å². The third-order valence-electron chi connectivity index (χ3n) is 18.2. The number of amides is 11. The van der Waals surface area contributed by atoms with Gasteiger partial charge in [0.2, 0.25) is 65.0 Å². The molecule has 1 fully saturated rings. The summed E-state index contributed by atoms with van der Waals surface area (Å²) in [5, 5.41) is 74.0. The molecule has 32 heteroatoms. The molecular weight excluding hydrogens is 1340 g/mol. The minimum atomic E-state index is -1.98. The van der Waals surface area contributed by atoms with Gasteiger partial charge < -0.3 is 94.5 Å². The van der Waals surface area contributed by atoms with Gasteiger partial charge in [-0.25, -0.2) is 4.79 Å². The number of phenols is 1. The second-order valence-corrected chi connectivity index (χ2v) is 26.7. The third-order valence-corrected chi connectivity index (χ3v) is 18.2. The van der Waals surface area contributed by atoms with Crippen LogP contribution in [0.25, 0.3) is 0 Å². The van der Waals surface area contributed by atoms with Crippen LogP contribution in [0.4, 0.5) is 0 Å². The minimum Gasteiger partial charge on any atom is -0.508 e. The van der Waals surface area contributed by atoms with Gasteiger partial charge in [-0.05, 0) is 113 Å². The molecule has 572 valence electrons. The first-order chi connectivity index (χ1) is 48.9. The fourth-order valence-corrected chi connectivity index (χ4v) is 11.9. The highest BCUT2D eigenvalue weighted by Gasteiger charge is 2.41. The number of carbonyl (C=O) groups excluding carboxylic acids is 12. The van der Waals surface area contributed by atoms with Gasteiger partial charge >= 0.3 is 17.9 Å². The number of phenolic OH excluding ortho intramolecular Hbond substituents is 1. The molecule has 13 atom stereocenters. The van der Waals surface area contributed by atoms with Gasteiger partial charge in [0.05, 0.1) is 18.6 Å². The number of aliphatic hydroxyl groups excluding tert-OH is 2. The summed E-state index contributed by atoms with van der Waals surface area (Å²) in [6, 6.07) is -4.87. The quantitative estimate of drug-likeness (QED) is 0.0195. The highest BCUT2D eigenvalue weighted by molar-refractivity contribution is 5.99. The van der Waals surface area contributed by atoms with Crippen molar-refractivity contribution in [3.05, 3.63) is 59.7 Å². The van der Waals surface area contributed by atoms with Crippen molar-refractivity contribution in [1.82, 2.24) is 52.8 Å². The maximum absolute atomic E-state index is 14.8. The molecule has 1 saturated heterocycles. The molecule has 3 aliphatic heterocycles. The smallest absolute Gasteiger partial charge is 0.334 e. The Kier molecular flexibility index (Phi) is 37.6. The normalized spacial score (nSPS) is 22.0. The van der Waals surface area contributed by atoms with Crippen molar-refractivity contribution in [1.29, 1.82) is 0 Å². The van der Waals surface area contributed by atoms with E-state index < -0.39 is 213 Å². The number of benzene rings is 2. The Morgan fingerprint density at radius 3 is 1.78 bits per heavy atom. The van der Waals surface area contributed by atoms with E-state index in [0.29, 0.717) is 24.8 Å². The first-order valence-electron chi connectivity index (χ1n) is 35.8. The van der Waals surface area contributed by atoms with Gasteiger partial charge in [0.15, 0.2) is 0 Å². The van der Waals surface area contributed by atoms with Crippen LogP contribution in [-0.2, 0) is 80.0 Å². The van der Waals surface area contributed by atoms with Gasteiger partial charge in [-0.15, -0.1) is 0 Å². The number of rotatable bonds is 35. The molecule has 18 N–H and O–H groups in total. The van der Waals surface area contributed by atoms with E-state index in [1.165, 1.54) is 81.1 Å². The Morgan fingerprint density at radius 1 is 0.621 bits per heavy atom. The third kappa shape index (κ3) is 30.7.